The third-order valence-electron chi connectivity index (χ3n) is 5.12. The maximum absolute atomic E-state index is 13.0. The molecule has 0 saturated carbocycles. The van der Waals surface area contributed by atoms with Gasteiger partial charge in [-0.3, -0.25) is 4.79 Å². The summed E-state index contributed by atoms with van der Waals surface area (Å²) in [6.07, 6.45) is 0. The van der Waals surface area contributed by atoms with Crippen molar-refractivity contribution in [2.45, 2.75) is 0 Å². The van der Waals surface area contributed by atoms with Crippen LogP contribution >= 0.6 is 15.9 Å². The summed E-state index contributed by atoms with van der Waals surface area (Å²) in [5.74, 6) is -0.0754. The Bertz CT molecular complexity index is 1330. The Kier molecular flexibility index (Phi) is 6.70. The molecule has 0 fully saturated rings. The molecule has 0 aliphatic carbocycles. The normalized spacial score (nSPS) is 10.6. The van der Waals surface area contributed by atoms with Gasteiger partial charge in [-0.15, -0.1) is 0 Å². The van der Waals surface area contributed by atoms with E-state index >= 15 is 0 Å². The molecule has 0 aliphatic rings. The van der Waals surface area contributed by atoms with Crippen molar-refractivity contribution in [1.29, 1.82) is 0 Å². The van der Waals surface area contributed by atoms with E-state index in [1.807, 2.05) is 42.5 Å². The average molecular weight is 506 g/mol. The molecule has 1 aromatic heterocycles. The molecule has 6 nitrogen and oxygen atoms in total. The van der Waals surface area contributed by atoms with Crippen LogP contribution < -0.4 is 9.47 Å². The van der Waals surface area contributed by atoms with E-state index in [0.29, 0.717) is 39.2 Å². The number of para-hydroxylation sites is 1. The lowest BCUT2D eigenvalue weighted by Gasteiger charge is -2.12. The highest BCUT2D eigenvalue weighted by molar-refractivity contribution is 9.10. The molecule has 3 aromatic carbocycles. The van der Waals surface area contributed by atoms with Crippen molar-refractivity contribution in [2.75, 3.05) is 20.8 Å². The van der Waals surface area contributed by atoms with Gasteiger partial charge in [-0.2, -0.15) is 0 Å². The summed E-state index contributed by atoms with van der Waals surface area (Å²) in [7, 11) is 2.99. The molecule has 4 aromatic rings. The number of pyridine rings is 1. The number of halogens is 1. The Labute approximate surface area is 199 Å². The van der Waals surface area contributed by atoms with Crippen LogP contribution in [-0.2, 0) is 4.74 Å². The van der Waals surface area contributed by atoms with Crippen LogP contribution in [0.15, 0.2) is 77.3 Å². The van der Waals surface area contributed by atoms with Crippen LogP contribution in [0.2, 0.25) is 0 Å². The minimum absolute atomic E-state index is 0.307. The average Bonchev–Trinajstić information content (AvgIpc) is 2.86. The molecular weight excluding hydrogens is 486 g/mol. The fourth-order valence-corrected chi connectivity index (χ4v) is 3.69. The van der Waals surface area contributed by atoms with Crippen LogP contribution in [0.4, 0.5) is 0 Å². The monoisotopic (exact) mass is 505 g/mol. The summed E-state index contributed by atoms with van der Waals surface area (Å²) in [5.41, 5.74) is 2.80. The van der Waals surface area contributed by atoms with Gasteiger partial charge in [0.15, 0.2) is 6.61 Å². The second-order valence-corrected chi connectivity index (χ2v) is 8.06. The van der Waals surface area contributed by atoms with Gasteiger partial charge in [0.05, 0.1) is 36.6 Å². The number of esters is 1. The first-order valence-electron chi connectivity index (χ1n) is 10.1. The first-order chi connectivity index (χ1) is 16.0. The minimum Gasteiger partial charge on any atom is -0.497 e. The lowest BCUT2D eigenvalue weighted by Crippen LogP contribution is -2.15. The van der Waals surface area contributed by atoms with E-state index in [2.05, 4.69) is 20.9 Å². The topological polar surface area (TPSA) is 74.7 Å². The molecule has 4 rings (SSSR count). The van der Waals surface area contributed by atoms with Gasteiger partial charge >= 0.3 is 5.97 Å². The number of methoxy groups -OCH3 is 2. The van der Waals surface area contributed by atoms with Crippen molar-refractivity contribution in [3.05, 3.63) is 88.4 Å². The molecule has 0 amide bonds. The molecule has 0 saturated heterocycles. The number of hydrogen-bond donors (Lipinski definition) is 0. The highest BCUT2D eigenvalue weighted by atomic mass is 79.9. The van der Waals surface area contributed by atoms with Crippen molar-refractivity contribution in [3.8, 4) is 22.8 Å². The van der Waals surface area contributed by atoms with Crippen molar-refractivity contribution in [3.63, 3.8) is 0 Å². The number of rotatable bonds is 7. The van der Waals surface area contributed by atoms with Gasteiger partial charge in [0.1, 0.15) is 11.5 Å². The van der Waals surface area contributed by atoms with Crippen LogP contribution in [0.25, 0.3) is 22.2 Å². The number of Topliss-reactive ketones (excluding diaryl/α,β-unsaturated/α-hetero) is 1. The maximum atomic E-state index is 13.0. The highest BCUT2D eigenvalue weighted by Gasteiger charge is 2.19. The summed E-state index contributed by atoms with van der Waals surface area (Å²) in [6, 6.07) is 21.5. The quantitative estimate of drug-likeness (QED) is 0.236. The van der Waals surface area contributed by atoms with Crippen LogP contribution in [0.1, 0.15) is 20.7 Å². The molecule has 0 bridgehead atoms. The number of carbonyl (C=O) groups is 2. The number of fused-ring (bicyclic) bond motifs is 1. The number of benzene rings is 3. The van der Waals surface area contributed by atoms with Gasteiger partial charge in [0.25, 0.3) is 0 Å². The molecule has 1 heterocycles. The summed E-state index contributed by atoms with van der Waals surface area (Å²) >= 11 is 3.42. The summed E-state index contributed by atoms with van der Waals surface area (Å²) in [5, 5.41) is 0.651. The number of carbonyl (C=O) groups excluding carboxylic acids is 2. The molecule has 7 heteroatoms. The third-order valence-corrected chi connectivity index (χ3v) is 5.65. The fourth-order valence-electron chi connectivity index (χ4n) is 3.43. The molecule has 0 aliphatic heterocycles. The van der Waals surface area contributed by atoms with E-state index in [9.17, 15) is 9.59 Å². The summed E-state index contributed by atoms with van der Waals surface area (Å²) < 4.78 is 16.8. The van der Waals surface area contributed by atoms with Gasteiger partial charge in [-0.25, -0.2) is 9.78 Å². The van der Waals surface area contributed by atoms with Crippen molar-refractivity contribution >= 4 is 38.6 Å². The summed E-state index contributed by atoms with van der Waals surface area (Å²) in [4.78, 5) is 30.4. The number of nitrogens with zero attached hydrogens (tertiary/aromatic N) is 1. The molecule has 33 heavy (non-hydrogen) atoms. The van der Waals surface area contributed by atoms with Gasteiger partial charge in [-0.05, 0) is 36.4 Å². The van der Waals surface area contributed by atoms with Gasteiger partial charge in [0, 0.05) is 21.5 Å². The van der Waals surface area contributed by atoms with Crippen molar-refractivity contribution in [1.82, 2.24) is 4.98 Å². The van der Waals surface area contributed by atoms with E-state index in [0.717, 1.165) is 10.0 Å². The maximum Gasteiger partial charge on any atom is 0.339 e. The Morgan fingerprint density at radius 2 is 1.64 bits per heavy atom. The Hall–Kier alpha value is -3.71. The zero-order valence-corrected chi connectivity index (χ0v) is 19.6. The van der Waals surface area contributed by atoms with Gasteiger partial charge < -0.3 is 14.2 Å². The Morgan fingerprint density at radius 3 is 2.36 bits per heavy atom. The zero-order valence-electron chi connectivity index (χ0n) is 18.0. The second-order valence-electron chi connectivity index (χ2n) is 7.14. The first kappa shape index (κ1) is 22.5. The Morgan fingerprint density at radius 1 is 0.879 bits per heavy atom. The minimum atomic E-state index is -0.604. The predicted octanol–water partition coefficient (Wildman–Crippen LogP) is 5.72. The molecule has 0 spiro atoms. The smallest absolute Gasteiger partial charge is 0.339 e. The van der Waals surface area contributed by atoms with Crippen molar-refractivity contribution < 1.29 is 23.8 Å². The fraction of sp³-hybridized carbons (Fsp3) is 0.115. The van der Waals surface area contributed by atoms with E-state index in [1.165, 1.54) is 14.2 Å². The molecule has 0 radical (unpaired) electrons. The van der Waals surface area contributed by atoms with E-state index in [4.69, 9.17) is 14.2 Å². The molecule has 0 N–H and O–H groups in total. The molecule has 0 atom stereocenters. The number of hydrogen-bond acceptors (Lipinski definition) is 6. The van der Waals surface area contributed by atoms with Crippen LogP contribution in [-0.4, -0.2) is 37.6 Å². The molecular formula is C26H20BrNO5. The predicted molar refractivity (Wildman–Crippen MR) is 129 cm³/mol. The van der Waals surface area contributed by atoms with Gasteiger partial charge in [-0.1, -0.05) is 46.3 Å². The van der Waals surface area contributed by atoms with Crippen molar-refractivity contribution in [2.24, 2.45) is 0 Å². The molecule has 166 valence electrons. The number of ketones is 1. The first-order valence-corrected chi connectivity index (χ1v) is 10.9. The molecule has 0 unspecified atom stereocenters. The lowest BCUT2D eigenvalue weighted by atomic mass is 10.0. The second kappa shape index (κ2) is 9.83. The highest BCUT2D eigenvalue weighted by Crippen LogP contribution is 2.28. The van der Waals surface area contributed by atoms with Crippen LogP contribution in [0.3, 0.4) is 0 Å². The SMILES string of the molecule is COc1ccc(C(=O)COC(=O)c2cc(-c3ccc(Br)cc3)nc3ccccc23)c(OC)c1. The summed E-state index contributed by atoms with van der Waals surface area (Å²) in [6.45, 7) is -0.425. The lowest BCUT2D eigenvalue weighted by molar-refractivity contribution is 0.0476. The zero-order chi connectivity index (χ0) is 23.4. The van der Waals surface area contributed by atoms with E-state index in [-0.39, 0.29) is 5.78 Å². The largest absolute Gasteiger partial charge is 0.497 e. The number of ether oxygens (including phenoxy) is 3. The van der Waals surface area contributed by atoms with Crippen LogP contribution in [0.5, 0.6) is 11.5 Å². The van der Waals surface area contributed by atoms with Crippen LogP contribution in [0, 0.1) is 0 Å². The Balaban J connectivity index is 1.61. The number of aromatic nitrogens is 1. The standard InChI is InChI=1S/C26H20BrNO5/c1-31-18-11-12-20(25(13-18)32-2)24(29)15-33-26(30)21-14-23(16-7-9-17(27)10-8-16)28-22-6-4-3-5-19(21)22/h3-14H,15H2,1-2H3. The van der Waals surface area contributed by atoms with Gasteiger partial charge in [0.2, 0.25) is 5.78 Å². The van der Waals surface area contributed by atoms with E-state index < -0.39 is 12.6 Å². The third kappa shape index (κ3) is 4.88. The van der Waals surface area contributed by atoms with E-state index in [1.54, 1.807) is 30.3 Å².